The van der Waals surface area contributed by atoms with Gasteiger partial charge in [-0.25, -0.2) is 4.98 Å². The van der Waals surface area contributed by atoms with Crippen molar-refractivity contribution < 1.29 is 15.3 Å². The van der Waals surface area contributed by atoms with Gasteiger partial charge < -0.3 is 20.3 Å². The topological polar surface area (TPSA) is 110 Å². The average Bonchev–Trinajstić information content (AvgIpc) is 2.67. The van der Waals surface area contributed by atoms with E-state index in [2.05, 4.69) is 9.97 Å². The minimum atomic E-state index is -0.374. The molecule has 0 amide bonds. The van der Waals surface area contributed by atoms with Gasteiger partial charge in [0.2, 0.25) is 0 Å². The Morgan fingerprint density at radius 1 is 1.07 bits per heavy atom. The molecule has 4 rings (SSSR count). The van der Waals surface area contributed by atoms with Gasteiger partial charge in [0.05, 0.1) is 11.3 Å². The Bertz CT molecular complexity index is 1100. The molecule has 3 aromatic rings. The molecule has 2 aromatic carbocycles. The Labute approximate surface area is 165 Å². The molecule has 0 bridgehead atoms. The van der Waals surface area contributed by atoms with Crippen molar-refractivity contribution >= 4 is 11.6 Å². The van der Waals surface area contributed by atoms with Gasteiger partial charge in [0.1, 0.15) is 11.6 Å². The summed E-state index contributed by atoms with van der Waals surface area (Å²) in [4.78, 5) is 22.0. The number of phenolic OH excluding ortho intramolecular Hbond substituents is 3. The van der Waals surface area contributed by atoms with Gasteiger partial charge in [-0.05, 0) is 30.3 Å². The smallest absolute Gasteiger partial charge is 0.255 e. The number of aromatic amines is 1. The van der Waals surface area contributed by atoms with E-state index in [4.69, 9.17) is 11.6 Å². The molecule has 28 heavy (non-hydrogen) atoms. The van der Waals surface area contributed by atoms with Gasteiger partial charge >= 0.3 is 0 Å². The van der Waals surface area contributed by atoms with Gasteiger partial charge in [0.15, 0.2) is 11.5 Å². The zero-order valence-electron chi connectivity index (χ0n) is 14.8. The van der Waals surface area contributed by atoms with Crippen LogP contribution in [0.3, 0.4) is 0 Å². The Balaban J connectivity index is 1.58. The van der Waals surface area contributed by atoms with Gasteiger partial charge in [0.25, 0.3) is 5.56 Å². The number of nitrogens with one attached hydrogen (secondary N) is 1. The molecule has 1 aliphatic rings. The van der Waals surface area contributed by atoms with Gasteiger partial charge in [-0.2, -0.15) is 0 Å². The third-order valence-corrected chi connectivity index (χ3v) is 5.09. The van der Waals surface area contributed by atoms with Gasteiger partial charge in [0, 0.05) is 48.3 Å². The first-order chi connectivity index (χ1) is 13.4. The lowest BCUT2D eigenvalue weighted by Crippen LogP contribution is -2.35. The second-order valence-electron chi connectivity index (χ2n) is 6.78. The lowest BCUT2D eigenvalue weighted by molar-refractivity contribution is 0.238. The molecule has 0 saturated heterocycles. The van der Waals surface area contributed by atoms with Crippen molar-refractivity contribution in [3.8, 4) is 28.6 Å². The minimum Gasteiger partial charge on any atom is -0.507 e. The number of hydrogen-bond acceptors (Lipinski definition) is 6. The summed E-state index contributed by atoms with van der Waals surface area (Å²) in [5, 5.41) is 29.7. The van der Waals surface area contributed by atoms with Crippen LogP contribution in [-0.4, -0.2) is 36.7 Å². The van der Waals surface area contributed by atoms with Crippen LogP contribution in [0.5, 0.6) is 17.2 Å². The maximum atomic E-state index is 12.6. The monoisotopic (exact) mass is 399 g/mol. The number of phenols is 3. The van der Waals surface area contributed by atoms with E-state index in [9.17, 15) is 20.1 Å². The second-order valence-corrected chi connectivity index (χ2v) is 7.21. The van der Waals surface area contributed by atoms with Crippen LogP contribution in [0.25, 0.3) is 11.4 Å². The van der Waals surface area contributed by atoms with Crippen molar-refractivity contribution in [1.29, 1.82) is 0 Å². The zero-order chi connectivity index (χ0) is 19.8. The van der Waals surface area contributed by atoms with Crippen molar-refractivity contribution in [1.82, 2.24) is 14.9 Å². The van der Waals surface area contributed by atoms with Crippen LogP contribution in [0, 0.1) is 0 Å². The lowest BCUT2D eigenvalue weighted by Gasteiger charge is -2.28. The molecule has 1 aromatic heterocycles. The number of fused-ring (bicyclic) bond motifs is 1. The lowest BCUT2D eigenvalue weighted by atomic mass is 10.0. The highest BCUT2D eigenvalue weighted by atomic mass is 35.5. The summed E-state index contributed by atoms with van der Waals surface area (Å²) >= 11 is 5.91. The summed E-state index contributed by atoms with van der Waals surface area (Å²) in [5.74, 6) is -0.265. The van der Waals surface area contributed by atoms with Crippen LogP contribution < -0.4 is 5.56 Å². The SMILES string of the molecule is O=c1[nH]c(-c2ccc(Cl)cc2)nc2c1CN(Cc1cc(O)c(O)cc1O)CC2. The number of hydrogen-bond donors (Lipinski definition) is 4. The van der Waals surface area contributed by atoms with E-state index in [-0.39, 0.29) is 22.8 Å². The number of aromatic hydroxyl groups is 3. The molecule has 0 aliphatic carbocycles. The number of aromatic nitrogens is 2. The second kappa shape index (κ2) is 7.18. The predicted octanol–water partition coefficient (Wildman–Crippen LogP) is 2.77. The highest BCUT2D eigenvalue weighted by Gasteiger charge is 2.22. The molecule has 0 atom stereocenters. The summed E-state index contributed by atoms with van der Waals surface area (Å²) in [6, 6.07) is 9.54. The normalized spacial score (nSPS) is 14.0. The fourth-order valence-corrected chi connectivity index (χ4v) is 3.46. The molecule has 0 unspecified atom stereocenters. The predicted molar refractivity (Wildman–Crippen MR) is 105 cm³/mol. The van der Waals surface area contributed by atoms with E-state index < -0.39 is 0 Å². The van der Waals surface area contributed by atoms with E-state index in [1.807, 2.05) is 17.0 Å². The average molecular weight is 400 g/mol. The fourth-order valence-electron chi connectivity index (χ4n) is 3.34. The quantitative estimate of drug-likeness (QED) is 0.398. The summed E-state index contributed by atoms with van der Waals surface area (Å²) in [5.41, 5.74) is 2.41. The van der Waals surface area contributed by atoms with Crippen LogP contribution >= 0.6 is 11.6 Å². The van der Waals surface area contributed by atoms with Crippen LogP contribution in [0.1, 0.15) is 16.8 Å². The summed E-state index contributed by atoms with van der Waals surface area (Å²) in [6.45, 7) is 1.35. The number of nitrogens with zero attached hydrogens (tertiary/aromatic N) is 2. The molecule has 8 heteroatoms. The molecule has 0 radical (unpaired) electrons. The molecule has 0 fully saturated rings. The van der Waals surface area contributed by atoms with Crippen molar-refractivity contribution in [2.75, 3.05) is 6.54 Å². The van der Waals surface area contributed by atoms with E-state index in [0.29, 0.717) is 48.0 Å². The number of halogens is 1. The standard InChI is InChI=1S/C20H18ClN3O4/c21-13-3-1-11(2-4-13)19-22-15-5-6-24(10-14(15)20(28)23-19)9-12-7-17(26)18(27)8-16(12)25/h1-4,7-8,25-27H,5-6,9-10H2,(H,22,23,28). The highest BCUT2D eigenvalue weighted by Crippen LogP contribution is 2.33. The molecule has 2 heterocycles. The van der Waals surface area contributed by atoms with Crippen LogP contribution in [0.2, 0.25) is 5.02 Å². The van der Waals surface area contributed by atoms with Crippen LogP contribution in [0.4, 0.5) is 0 Å². The van der Waals surface area contributed by atoms with E-state index in [1.165, 1.54) is 6.07 Å². The molecule has 1 aliphatic heterocycles. The molecular weight excluding hydrogens is 382 g/mol. The van der Waals surface area contributed by atoms with E-state index in [1.54, 1.807) is 12.1 Å². The van der Waals surface area contributed by atoms with Crippen LogP contribution in [0.15, 0.2) is 41.2 Å². The van der Waals surface area contributed by atoms with E-state index in [0.717, 1.165) is 17.3 Å². The molecular formula is C20H18ClN3O4. The Morgan fingerprint density at radius 3 is 2.54 bits per heavy atom. The van der Waals surface area contributed by atoms with Gasteiger partial charge in [-0.15, -0.1) is 0 Å². The Hall–Kier alpha value is -3.03. The maximum absolute atomic E-state index is 12.6. The summed E-state index contributed by atoms with van der Waals surface area (Å²) < 4.78 is 0. The molecule has 7 nitrogen and oxygen atoms in total. The van der Waals surface area contributed by atoms with Crippen molar-refractivity contribution in [3.63, 3.8) is 0 Å². The first-order valence-electron chi connectivity index (χ1n) is 8.75. The molecule has 144 valence electrons. The highest BCUT2D eigenvalue weighted by molar-refractivity contribution is 6.30. The van der Waals surface area contributed by atoms with Crippen molar-refractivity contribution in [2.45, 2.75) is 19.5 Å². The Kier molecular flexibility index (Phi) is 4.70. The first-order valence-corrected chi connectivity index (χ1v) is 9.12. The van der Waals surface area contributed by atoms with Crippen molar-refractivity contribution in [3.05, 3.63) is 68.6 Å². The summed E-state index contributed by atoms with van der Waals surface area (Å²) in [6.07, 6.45) is 0.588. The zero-order valence-corrected chi connectivity index (χ0v) is 15.6. The van der Waals surface area contributed by atoms with Crippen LogP contribution in [-0.2, 0) is 19.5 Å². The number of benzene rings is 2. The third-order valence-electron chi connectivity index (χ3n) is 4.84. The van der Waals surface area contributed by atoms with Gasteiger partial charge in [-0.1, -0.05) is 11.6 Å². The Morgan fingerprint density at radius 2 is 1.79 bits per heavy atom. The van der Waals surface area contributed by atoms with E-state index >= 15 is 0 Å². The summed E-state index contributed by atoms with van der Waals surface area (Å²) in [7, 11) is 0. The molecule has 0 spiro atoms. The fraction of sp³-hybridized carbons (Fsp3) is 0.200. The molecule has 0 saturated carbocycles. The number of H-pyrrole nitrogens is 1. The number of rotatable bonds is 3. The third kappa shape index (κ3) is 3.54. The largest absolute Gasteiger partial charge is 0.507 e. The molecule has 4 N–H and O–H groups in total. The van der Waals surface area contributed by atoms with Crippen molar-refractivity contribution in [2.24, 2.45) is 0 Å². The maximum Gasteiger partial charge on any atom is 0.255 e. The minimum absolute atomic E-state index is 0.105. The first kappa shape index (κ1) is 18.3. The van der Waals surface area contributed by atoms with Gasteiger partial charge in [-0.3, -0.25) is 9.69 Å².